The van der Waals surface area contributed by atoms with Crippen LogP contribution in [-0.4, -0.2) is 9.55 Å². The summed E-state index contributed by atoms with van der Waals surface area (Å²) in [6.07, 6.45) is 4.57. The lowest BCUT2D eigenvalue weighted by atomic mass is 9.96. The van der Waals surface area contributed by atoms with Gasteiger partial charge in [0, 0.05) is 6.04 Å². The van der Waals surface area contributed by atoms with Crippen molar-refractivity contribution in [1.29, 1.82) is 0 Å². The molecule has 1 fully saturated rings. The predicted octanol–water partition coefficient (Wildman–Crippen LogP) is 3.65. The second kappa shape index (κ2) is 4.34. The van der Waals surface area contributed by atoms with Gasteiger partial charge < -0.3 is 10.3 Å². The molecule has 1 aliphatic rings. The molecule has 1 aromatic carbocycles. The van der Waals surface area contributed by atoms with Crippen LogP contribution < -0.4 is 5.73 Å². The van der Waals surface area contributed by atoms with Gasteiger partial charge in [-0.05, 0) is 50.8 Å². The molecule has 0 bridgehead atoms. The van der Waals surface area contributed by atoms with Crippen molar-refractivity contribution in [3.8, 4) is 0 Å². The highest BCUT2D eigenvalue weighted by Gasteiger charge is 2.34. The monoisotopic (exact) mass is 257 g/mol. The van der Waals surface area contributed by atoms with E-state index in [4.69, 9.17) is 10.7 Å². The zero-order valence-electron chi connectivity index (χ0n) is 12.1. The molecule has 1 atom stereocenters. The fourth-order valence-electron chi connectivity index (χ4n) is 2.95. The summed E-state index contributed by atoms with van der Waals surface area (Å²) < 4.78 is 2.39. The molecule has 0 saturated heterocycles. The first-order valence-corrected chi connectivity index (χ1v) is 7.31. The van der Waals surface area contributed by atoms with E-state index in [0.29, 0.717) is 6.04 Å². The Balaban J connectivity index is 2.20. The van der Waals surface area contributed by atoms with E-state index in [9.17, 15) is 0 Å². The Bertz CT molecular complexity index is 606. The third-order valence-corrected chi connectivity index (χ3v) is 4.04. The van der Waals surface area contributed by atoms with Gasteiger partial charge in [-0.1, -0.05) is 19.4 Å². The number of nitrogens with zero attached hydrogens (tertiary/aromatic N) is 2. The molecule has 1 saturated carbocycles. The molecular formula is C16H23N3. The molecule has 102 valence electrons. The van der Waals surface area contributed by atoms with Crippen LogP contribution in [0.2, 0.25) is 0 Å². The summed E-state index contributed by atoms with van der Waals surface area (Å²) in [5.74, 6) is 1.07. The average molecular weight is 257 g/mol. The summed E-state index contributed by atoms with van der Waals surface area (Å²) in [4.78, 5) is 4.86. The number of hydrogen-bond acceptors (Lipinski definition) is 2. The van der Waals surface area contributed by atoms with Crippen LogP contribution in [0.4, 0.5) is 0 Å². The lowest BCUT2D eigenvalue weighted by Crippen LogP contribution is -2.36. The molecular weight excluding hydrogens is 234 g/mol. The molecule has 19 heavy (non-hydrogen) atoms. The molecule has 0 radical (unpaired) electrons. The largest absolute Gasteiger partial charge is 0.323 e. The van der Waals surface area contributed by atoms with E-state index < -0.39 is 0 Å². The van der Waals surface area contributed by atoms with Gasteiger partial charge in [0.05, 0.1) is 16.6 Å². The van der Waals surface area contributed by atoms with Gasteiger partial charge >= 0.3 is 0 Å². The minimum absolute atomic E-state index is 0.329. The Labute approximate surface area is 114 Å². The molecule has 1 aliphatic carbocycles. The molecule has 1 aromatic heterocycles. The first-order valence-electron chi connectivity index (χ1n) is 7.31. The predicted molar refractivity (Wildman–Crippen MR) is 79.2 cm³/mol. The first-order chi connectivity index (χ1) is 9.03. The quantitative estimate of drug-likeness (QED) is 0.908. The number of nitrogens with two attached hydrogens (primary N) is 1. The van der Waals surface area contributed by atoms with Crippen molar-refractivity contribution < 1.29 is 0 Å². The highest BCUT2D eigenvalue weighted by atomic mass is 15.2. The molecule has 1 heterocycles. The van der Waals surface area contributed by atoms with E-state index in [0.717, 1.165) is 24.2 Å². The normalized spacial score (nSPS) is 18.7. The fraction of sp³-hybridized carbons (Fsp3) is 0.562. The first kappa shape index (κ1) is 12.7. The molecule has 2 N–H and O–H groups in total. The average Bonchev–Trinajstić information content (AvgIpc) is 3.09. The maximum Gasteiger partial charge on any atom is 0.130 e. The smallest absolute Gasteiger partial charge is 0.130 e. The Hall–Kier alpha value is -1.35. The second-order valence-electron chi connectivity index (χ2n) is 6.20. The van der Waals surface area contributed by atoms with E-state index in [1.165, 1.54) is 23.9 Å². The van der Waals surface area contributed by atoms with Gasteiger partial charge in [-0.25, -0.2) is 4.98 Å². The zero-order chi connectivity index (χ0) is 13.6. The van der Waals surface area contributed by atoms with Crippen LogP contribution in [0.1, 0.15) is 57.0 Å². The van der Waals surface area contributed by atoms with Crippen LogP contribution >= 0.6 is 0 Å². The highest BCUT2D eigenvalue weighted by Crippen LogP contribution is 2.41. The van der Waals surface area contributed by atoms with Gasteiger partial charge in [0.15, 0.2) is 0 Å². The molecule has 0 spiro atoms. The number of aryl methyl sites for hydroxylation is 1. The van der Waals surface area contributed by atoms with Crippen molar-refractivity contribution in [2.24, 2.45) is 5.73 Å². The molecule has 2 aromatic rings. The van der Waals surface area contributed by atoms with Crippen molar-refractivity contribution in [2.75, 3.05) is 0 Å². The van der Waals surface area contributed by atoms with Crippen LogP contribution in [0.5, 0.6) is 0 Å². The Morgan fingerprint density at radius 2 is 2.16 bits per heavy atom. The summed E-state index contributed by atoms with van der Waals surface area (Å²) in [5.41, 5.74) is 9.80. The van der Waals surface area contributed by atoms with E-state index in [1.54, 1.807) is 0 Å². The lowest BCUT2D eigenvalue weighted by Gasteiger charge is -2.24. The fourth-order valence-corrected chi connectivity index (χ4v) is 2.95. The van der Waals surface area contributed by atoms with Crippen molar-refractivity contribution >= 4 is 11.0 Å². The number of imidazole rings is 1. The number of fused-ring (bicyclic) bond motifs is 1. The van der Waals surface area contributed by atoms with E-state index in [1.807, 2.05) is 0 Å². The van der Waals surface area contributed by atoms with E-state index >= 15 is 0 Å². The van der Waals surface area contributed by atoms with Crippen molar-refractivity contribution in [2.45, 2.75) is 58.0 Å². The van der Waals surface area contributed by atoms with Gasteiger partial charge in [0.2, 0.25) is 0 Å². The number of rotatable bonds is 4. The minimum atomic E-state index is -0.329. The second-order valence-corrected chi connectivity index (χ2v) is 6.20. The van der Waals surface area contributed by atoms with Gasteiger partial charge in [-0.3, -0.25) is 0 Å². The SMILES string of the molecule is CCCC(C)(N)c1nc2cc(C)ccc2n1C1CC1. The molecule has 0 aliphatic heterocycles. The van der Waals surface area contributed by atoms with Gasteiger partial charge in [0.1, 0.15) is 5.82 Å². The van der Waals surface area contributed by atoms with E-state index in [2.05, 4.69) is 43.5 Å². The Kier molecular flexibility index (Phi) is 2.90. The Morgan fingerprint density at radius 3 is 2.79 bits per heavy atom. The van der Waals surface area contributed by atoms with Crippen LogP contribution in [0, 0.1) is 6.92 Å². The van der Waals surface area contributed by atoms with Crippen LogP contribution in [-0.2, 0) is 5.54 Å². The highest BCUT2D eigenvalue weighted by molar-refractivity contribution is 5.77. The van der Waals surface area contributed by atoms with Gasteiger partial charge in [-0.2, -0.15) is 0 Å². The summed E-state index contributed by atoms with van der Waals surface area (Å²) in [7, 11) is 0. The topological polar surface area (TPSA) is 43.8 Å². The van der Waals surface area contributed by atoms with Crippen LogP contribution in [0.3, 0.4) is 0 Å². The van der Waals surface area contributed by atoms with Crippen molar-refractivity contribution in [1.82, 2.24) is 9.55 Å². The summed E-state index contributed by atoms with van der Waals surface area (Å²) >= 11 is 0. The van der Waals surface area contributed by atoms with Crippen LogP contribution in [0.15, 0.2) is 18.2 Å². The number of hydrogen-bond donors (Lipinski definition) is 1. The summed E-state index contributed by atoms with van der Waals surface area (Å²) in [6, 6.07) is 7.14. The molecule has 3 heteroatoms. The third-order valence-electron chi connectivity index (χ3n) is 4.04. The lowest BCUT2D eigenvalue weighted by molar-refractivity contribution is 0.402. The number of aromatic nitrogens is 2. The molecule has 0 amide bonds. The van der Waals surface area contributed by atoms with Gasteiger partial charge in [-0.15, -0.1) is 0 Å². The summed E-state index contributed by atoms with van der Waals surface area (Å²) in [6.45, 7) is 6.41. The zero-order valence-corrected chi connectivity index (χ0v) is 12.1. The third kappa shape index (κ3) is 2.16. The molecule has 3 nitrogen and oxygen atoms in total. The van der Waals surface area contributed by atoms with E-state index in [-0.39, 0.29) is 5.54 Å². The molecule has 1 unspecified atom stereocenters. The van der Waals surface area contributed by atoms with Crippen molar-refractivity contribution in [3.63, 3.8) is 0 Å². The van der Waals surface area contributed by atoms with Crippen LogP contribution in [0.25, 0.3) is 11.0 Å². The number of benzene rings is 1. The molecule has 3 rings (SSSR count). The summed E-state index contributed by atoms with van der Waals surface area (Å²) in [5, 5.41) is 0. The van der Waals surface area contributed by atoms with Crippen molar-refractivity contribution in [3.05, 3.63) is 29.6 Å². The maximum absolute atomic E-state index is 6.53. The Morgan fingerprint density at radius 1 is 1.42 bits per heavy atom. The standard InChI is InChI=1S/C16H23N3/c1-4-9-16(3,17)15-18-13-10-11(2)5-8-14(13)19(15)12-6-7-12/h5,8,10,12H,4,6-7,9,17H2,1-3H3. The van der Waals surface area contributed by atoms with Gasteiger partial charge in [0.25, 0.3) is 0 Å². The maximum atomic E-state index is 6.53. The minimum Gasteiger partial charge on any atom is -0.323 e.